The maximum Gasteiger partial charge on any atom is 0.344 e. The van der Waals surface area contributed by atoms with E-state index in [1.165, 1.54) is 12.1 Å². The second-order valence-electron chi connectivity index (χ2n) is 6.82. The topological polar surface area (TPSA) is 141 Å². The van der Waals surface area contributed by atoms with Crippen LogP contribution in [0.1, 0.15) is 39.6 Å². The van der Waals surface area contributed by atoms with Gasteiger partial charge in [0.05, 0.1) is 21.7 Å². The Hall–Kier alpha value is -3.70. The number of benzene rings is 2. The lowest BCUT2D eigenvalue weighted by Gasteiger charge is -2.16. The maximum atomic E-state index is 13.0. The summed E-state index contributed by atoms with van der Waals surface area (Å²) in [6, 6.07) is 9.80. The number of amides is 1. The zero-order chi connectivity index (χ0) is 24.3. The van der Waals surface area contributed by atoms with E-state index >= 15 is 0 Å². The molecule has 1 aliphatic heterocycles. The molecule has 0 spiro atoms. The average molecular weight is 488 g/mol. The van der Waals surface area contributed by atoms with Crippen LogP contribution >= 0.6 is 24.0 Å². The van der Waals surface area contributed by atoms with Crippen molar-refractivity contribution in [3.05, 3.63) is 64.1 Å². The first-order valence-electron chi connectivity index (χ1n) is 9.50. The van der Waals surface area contributed by atoms with Gasteiger partial charge in [0.15, 0.2) is 10.4 Å². The van der Waals surface area contributed by atoms with Gasteiger partial charge >= 0.3 is 17.9 Å². The van der Waals surface area contributed by atoms with Crippen molar-refractivity contribution in [2.24, 2.45) is 0 Å². The zero-order valence-corrected chi connectivity index (χ0v) is 18.7. The molecule has 1 unspecified atom stereocenters. The third-order valence-electron chi connectivity index (χ3n) is 4.57. The second-order valence-corrected chi connectivity index (χ2v) is 8.49. The first kappa shape index (κ1) is 24.0. The van der Waals surface area contributed by atoms with Crippen LogP contribution in [-0.2, 0) is 9.59 Å². The second kappa shape index (κ2) is 9.84. The van der Waals surface area contributed by atoms with Crippen molar-refractivity contribution in [3.8, 4) is 5.75 Å². The molecular weight excluding hydrogens is 470 g/mol. The van der Waals surface area contributed by atoms with E-state index in [0.29, 0.717) is 17.7 Å². The molecule has 1 heterocycles. The SMILES string of the molecule is CCC(Oc1ccc(/C=C2\SC(=S)N(c3cc(C(=O)O)cc(C(=O)O)c3)C2=O)cc1)C(=O)O. The van der Waals surface area contributed by atoms with E-state index in [4.69, 9.17) is 22.1 Å². The first-order valence-corrected chi connectivity index (χ1v) is 10.7. The van der Waals surface area contributed by atoms with Crippen molar-refractivity contribution in [2.75, 3.05) is 4.90 Å². The van der Waals surface area contributed by atoms with E-state index in [2.05, 4.69) is 0 Å². The summed E-state index contributed by atoms with van der Waals surface area (Å²) in [6.45, 7) is 1.70. The number of thiocarbonyl (C=S) groups is 1. The monoisotopic (exact) mass is 487 g/mol. The third kappa shape index (κ3) is 5.38. The third-order valence-corrected chi connectivity index (χ3v) is 5.87. The molecule has 0 aromatic heterocycles. The summed E-state index contributed by atoms with van der Waals surface area (Å²) in [4.78, 5) is 48.2. The summed E-state index contributed by atoms with van der Waals surface area (Å²) in [7, 11) is 0. The number of aliphatic carboxylic acids is 1. The average Bonchev–Trinajstić information content (AvgIpc) is 3.05. The maximum absolute atomic E-state index is 13.0. The van der Waals surface area contributed by atoms with E-state index in [1.54, 1.807) is 37.3 Å². The van der Waals surface area contributed by atoms with Crippen molar-refractivity contribution < 1.29 is 39.2 Å². The lowest BCUT2D eigenvalue weighted by molar-refractivity contribution is -0.145. The Bertz CT molecular complexity index is 1160. The molecule has 2 aromatic rings. The number of nitrogens with zero attached hydrogens (tertiary/aromatic N) is 1. The van der Waals surface area contributed by atoms with E-state index in [0.717, 1.165) is 22.7 Å². The van der Waals surface area contributed by atoms with E-state index in [9.17, 15) is 29.4 Å². The predicted molar refractivity (Wildman–Crippen MR) is 125 cm³/mol. The van der Waals surface area contributed by atoms with Crippen molar-refractivity contribution in [3.63, 3.8) is 0 Å². The smallest absolute Gasteiger partial charge is 0.344 e. The lowest BCUT2D eigenvalue weighted by Crippen LogP contribution is -2.28. The van der Waals surface area contributed by atoms with Gasteiger partial charge in [0, 0.05) is 0 Å². The highest BCUT2D eigenvalue weighted by atomic mass is 32.2. The molecule has 9 nitrogen and oxygen atoms in total. The Balaban J connectivity index is 1.87. The molecule has 1 amide bonds. The minimum atomic E-state index is -1.34. The molecular formula is C22H17NO8S2. The number of rotatable bonds is 8. The number of anilines is 1. The number of carboxylic acids is 3. The summed E-state index contributed by atoms with van der Waals surface area (Å²) < 4.78 is 5.53. The van der Waals surface area contributed by atoms with Gasteiger partial charge < -0.3 is 20.1 Å². The molecule has 3 rings (SSSR count). The number of thioether (sulfide) groups is 1. The molecule has 3 N–H and O–H groups in total. The number of hydrogen-bond acceptors (Lipinski definition) is 7. The number of ether oxygens (including phenoxy) is 1. The lowest BCUT2D eigenvalue weighted by atomic mass is 10.1. The molecule has 33 heavy (non-hydrogen) atoms. The molecule has 1 aliphatic rings. The van der Waals surface area contributed by atoms with Gasteiger partial charge in [0.2, 0.25) is 0 Å². The van der Waals surface area contributed by atoms with Gasteiger partial charge in [0.25, 0.3) is 5.91 Å². The van der Waals surface area contributed by atoms with Crippen LogP contribution < -0.4 is 9.64 Å². The van der Waals surface area contributed by atoms with Crippen LogP contribution in [0, 0.1) is 0 Å². The van der Waals surface area contributed by atoms with Crippen molar-refractivity contribution >= 4 is 63.9 Å². The largest absolute Gasteiger partial charge is 0.479 e. The standard InChI is InChI=1S/C22H17NO8S2/c1-2-16(21(29)30)31-15-5-3-11(4-6-15)7-17-18(24)23(22(32)33-17)14-9-12(19(25)26)8-13(10-14)20(27)28/h3-10,16H,2H2,1H3,(H,25,26)(H,27,28)(H,29,30)/b17-7-. The fourth-order valence-corrected chi connectivity index (χ4v) is 4.24. The number of carbonyl (C=O) groups excluding carboxylic acids is 1. The Labute approximate surface area is 197 Å². The van der Waals surface area contributed by atoms with Gasteiger partial charge in [-0.05, 0) is 48.4 Å². The normalized spacial score (nSPS) is 15.5. The van der Waals surface area contributed by atoms with Gasteiger partial charge in [-0.3, -0.25) is 9.69 Å². The van der Waals surface area contributed by atoms with Crippen LogP contribution in [-0.4, -0.2) is 49.6 Å². The predicted octanol–water partition coefficient (Wildman–Crippen LogP) is 3.73. The summed E-state index contributed by atoms with van der Waals surface area (Å²) in [5, 5.41) is 27.6. The summed E-state index contributed by atoms with van der Waals surface area (Å²) >= 11 is 6.26. The van der Waals surface area contributed by atoms with Gasteiger partial charge in [-0.15, -0.1) is 0 Å². The molecule has 2 aromatic carbocycles. The van der Waals surface area contributed by atoms with Gasteiger partial charge in [-0.25, -0.2) is 14.4 Å². The van der Waals surface area contributed by atoms with Gasteiger partial charge in [-0.1, -0.05) is 43.0 Å². The molecule has 1 saturated heterocycles. The summed E-state index contributed by atoms with van der Waals surface area (Å²) in [5.41, 5.74) is 0.0912. The summed E-state index contributed by atoms with van der Waals surface area (Å²) in [6.07, 6.45) is 0.896. The first-order chi connectivity index (χ1) is 15.6. The number of hydrogen-bond donors (Lipinski definition) is 3. The Morgan fingerprint density at radius 3 is 2.12 bits per heavy atom. The molecule has 0 aliphatic carbocycles. The fourth-order valence-electron chi connectivity index (χ4n) is 2.94. The van der Waals surface area contributed by atoms with Crippen molar-refractivity contribution in [1.82, 2.24) is 0 Å². The van der Waals surface area contributed by atoms with Gasteiger partial charge in [0.1, 0.15) is 5.75 Å². The van der Waals surface area contributed by atoms with E-state index in [1.807, 2.05) is 0 Å². The van der Waals surface area contributed by atoms with Crippen LogP contribution in [0.15, 0.2) is 47.4 Å². The highest BCUT2D eigenvalue weighted by Gasteiger charge is 2.34. The molecule has 0 saturated carbocycles. The highest BCUT2D eigenvalue weighted by molar-refractivity contribution is 8.27. The molecule has 0 bridgehead atoms. The molecule has 170 valence electrons. The van der Waals surface area contributed by atoms with Gasteiger partial charge in [-0.2, -0.15) is 0 Å². The van der Waals surface area contributed by atoms with Crippen LogP contribution in [0.25, 0.3) is 6.08 Å². The Morgan fingerprint density at radius 1 is 1.06 bits per heavy atom. The van der Waals surface area contributed by atoms with Crippen LogP contribution in [0.2, 0.25) is 0 Å². The van der Waals surface area contributed by atoms with Crippen LogP contribution in [0.5, 0.6) is 5.75 Å². The molecule has 1 atom stereocenters. The highest BCUT2D eigenvalue weighted by Crippen LogP contribution is 2.37. The number of carbonyl (C=O) groups is 4. The Kier molecular flexibility index (Phi) is 7.14. The van der Waals surface area contributed by atoms with Crippen LogP contribution in [0.4, 0.5) is 5.69 Å². The molecule has 0 radical (unpaired) electrons. The number of aromatic carboxylic acids is 2. The molecule has 11 heteroatoms. The van der Waals surface area contributed by atoms with Crippen molar-refractivity contribution in [1.29, 1.82) is 0 Å². The van der Waals surface area contributed by atoms with E-state index in [-0.39, 0.29) is 26.0 Å². The minimum absolute atomic E-state index is 0.0428. The Morgan fingerprint density at radius 2 is 1.64 bits per heavy atom. The number of carboxylic acid groups (broad SMARTS) is 3. The quantitative estimate of drug-likeness (QED) is 0.372. The minimum Gasteiger partial charge on any atom is -0.479 e. The molecule has 1 fully saturated rings. The van der Waals surface area contributed by atoms with Crippen LogP contribution in [0.3, 0.4) is 0 Å². The van der Waals surface area contributed by atoms with E-state index < -0.39 is 29.9 Å². The van der Waals surface area contributed by atoms with Crippen molar-refractivity contribution in [2.45, 2.75) is 19.4 Å². The fraction of sp³-hybridized carbons (Fsp3) is 0.136. The summed E-state index contributed by atoms with van der Waals surface area (Å²) in [5.74, 6) is -3.91. The zero-order valence-electron chi connectivity index (χ0n) is 17.0.